The Morgan fingerprint density at radius 1 is 1.16 bits per heavy atom. The molecule has 3 nitrogen and oxygen atoms in total. The van der Waals surface area contributed by atoms with Gasteiger partial charge in [-0.1, -0.05) is 23.2 Å². The van der Waals surface area contributed by atoms with Crippen molar-refractivity contribution in [3.63, 3.8) is 0 Å². The van der Waals surface area contributed by atoms with E-state index < -0.39 is 17.3 Å². The van der Waals surface area contributed by atoms with E-state index in [-0.39, 0.29) is 15.7 Å². The quantitative estimate of drug-likeness (QED) is 0.854. The molecule has 0 aliphatic carbocycles. The fourth-order valence-electron chi connectivity index (χ4n) is 1.66. The zero-order chi connectivity index (χ0) is 14.4. The maximum atomic E-state index is 12.6. The number of rotatable bonds is 1. The number of nitrogens with zero attached hydrogens (tertiary/aromatic N) is 1. The largest absolute Gasteiger partial charge is 0.416 e. The first-order valence-corrected chi connectivity index (χ1v) is 5.81. The first-order valence-electron chi connectivity index (χ1n) is 5.05. The molecule has 0 unspecified atom stereocenters. The van der Waals surface area contributed by atoms with Crippen LogP contribution in [0.1, 0.15) is 11.3 Å². The lowest BCUT2D eigenvalue weighted by Gasteiger charge is -2.13. The molecule has 0 aliphatic rings. The van der Waals surface area contributed by atoms with Gasteiger partial charge in [0.25, 0.3) is 5.56 Å². The molecule has 0 aliphatic heterocycles. The third kappa shape index (κ3) is 2.64. The molecule has 102 valence electrons. The smallest absolute Gasteiger partial charge is 0.268 e. The van der Waals surface area contributed by atoms with Gasteiger partial charge in [0.2, 0.25) is 0 Å². The van der Waals surface area contributed by atoms with E-state index in [1.54, 1.807) is 6.92 Å². The lowest BCUT2D eigenvalue weighted by Crippen LogP contribution is -2.09. The molecule has 1 aromatic carbocycles. The van der Waals surface area contributed by atoms with Crippen molar-refractivity contribution in [3.8, 4) is 5.69 Å². The second-order valence-corrected chi connectivity index (χ2v) is 4.70. The van der Waals surface area contributed by atoms with Crippen LogP contribution >= 0.6 is 23.2 Å². The number of halogens is 5. The van der Waals surface area contributed by atoms with Gasteiger partial charge in [-0.25, -0.2) is 0 Å². The van der Waals surface area contributed by atoms with Crippen LogP contribution in [0.15, 0.2) is 23.0 Å². The van der Waals surface area contributed by atoms with Gasteiger partial charge in [0.05, 0.1) is 21.3 Å². The Morgan fingerprint density at radius 2 is 1.68 bits per heavy atom. The van der Waals surface area contributed by atoms with Gasteiger partial charge in [0.15, 0.2) is 0 Å². The summed E-state index contributed by atoms with van der Waals surface area (Å²) in [5.74, 6) is 0. The van der Waals surface area contributed by atoms with Gasteiger partial charge < -0.3 is 0 Å². The minimum atomic E-state index is -4.54. The fraction of sp³-hybridized carbons (Fsp3) is 0.182. The molecule has 19 heavy (non-hydrogen) atoms. The molecule has 1 aromatic heterocycles. The summed E-state index contributed by atoms with van der Waals surface area (Å²) in [7, 11) is 0. The maximum Gasteiger partial charge on any atom is 0.416 e. The number of aryl methyl sites for hydroxylation is 1. The van der Waals surface area contributed by atoms with E-state index >= 15 is 0 Å². The standard InChI is InChI=1S/C11H7Cl2F3N2O/c1-5-2-9(19)17-18(5)10-7(12)3-6(4-8(10)13)11(14,15)16/h2-4H,1H3,(H,17,19). The molecular weight excluding hydrogens is 304 g/mol. The molecule has 0 spiro atoms. The Labute approximate surface area is 115 Å². The van der Waals surface area contributed by atoms with Crippen molar-refractivity contribution in [1.82, 2.24) is 9.78 Å². The Morgan fingerprint density at radius 3 is 2.05 bits per heavy atom. The highest BCUT2D eigenvalue weighted by Gasteiger charge is 2.32. The van der Waals surface area contributed by atoms with Crippen molar-refractivity contribution in [1.29, 1.82) is 0 Å². The van der Waals surface area contributed by atoms with Crippen LogP contribution in [0.3, 0.4) is 0 Å². The van der Waals surface area contributed by atoms with E-state index in [1.165, 1.54) is 10.7 Å². The second kappa shape index (κ2) is 4.61. The first-order chi connectivity index (χ1) is 8.70. The lowest BCUT2D eigenvalue weighted by molar-refractivity contribution is -0.137. The molecule has 1 heterocycles. The SMILES string of the molecule is Cc1cc(=O)[nH]n1-c1c(Cl)cc(C(F)(F)F)cc1Cl. The van der Waals surface area contributed by atoms with Crippen LogP contribution in [0.4, 0.5) is 13.2 Å². The average molecular weight is 311 g/mol. The molecule has 1 N–H and O–H groups in total. The van der Waals surface area contributed by atoms with Crippen LogP contribution in [-0.2, 0) is 6.18 Å². The van der Waals surface area contributed by atoms with E-state index in [1.807, 2.05) is 0 Å². The third-order valence-corrected chi connectivity index (χ3v) is 3.06. The van der Waals surface area contributed by atoms with Crippen LogP contribution in [0.5, 0.6) is 0 Å². The number of aromatic amines is 1. The molecule has 0 amide bonds. The Balaban J connectivity index is 2.67. The van der Waals surface area contributed by atoms with E-state index in [4.69, 9.17) is 23.2 Å². The Kier molecular flexibility index (Phi) is 3.40. The predicted octanol–water partition coefficient (Wildman–Crippen LogP) is 3.80. The molecular formula is C11H7Cl2F3N2O. The van der Waals surface area contributed by atoms with Gasteiger partial charge in [-0.2, -0.15) is 13.2 Å². The van der Waals surface area contributed by atoms with Gasteiger partial charge in [0, 0.05) is 11.8 Å². The number of nitrogens with one attached hydrogen (secondary N) is 1. The molecule has 0 fully saturated rings. The van der Waals surface area contributed by atoms with Crippen molar-refractivity contribution in [2.24, 2.45) is 0 Å². The molecule has 8 heteroatoms. The number of hydrogen-bond acceptors (Lipinski definition) is 1. The summed E-state index contributed by atoms with van der Waals surface area (Å²) in [5, 5.41) is 2.01. The topological polar surface area (TPSA) is 37.8 Å². The summed E-state index contributed by atoms with van der Waals surface area (Å²) in [6.45, 7) is 1.60. The minimum Gasteiger partial charge on any atom is -0.268 e. The number of hydrogen-bond donors (Lipinski definition) is 1. The zero-order valence-corrected chi connectivity index (χ0v) is 11.0. The van der Waals surface area contributed by atoms with Gasteiger partial charge >= 0.3 is 6.18 Å². The second-order valence-electron chi connectivity index (χ2n) is 3.88. The summed E-state index contributed by atoms with van der Waals surface area (Å²) in [4.78, 5) is 11.2. The molecule has 0 radical (unpaired) electrons. The van der Waals surface area contributed by atoms with Crippen molar-refractivity contribution in [3.05, 3.63) is 49.9 Å². The maximum absolute atomic E-state index is 12.6. The molecule has 2 aromatic rings. The number of alkyl halides is 3. The summed E-state index contributed by atoms with van der Waals surface area (Å²) in [6, 6.07) is 2.81. The van der Waals surface area contributed by atoms with E-state index in [2.05, 4.69) is 5.10 Å². The van der Waals surface area contributed by atoms with Crippen LogP contribution < -0.4 is 5.56 Å². The van der Waals surface area contributed by atoms with Crippen LogP contribution in [0.25, 0.3) is 5.69 Å². The van der Waals surface area contributed by atoms with Crippen LogP contribution in [-0.4, -0.2) is 9.78 Å². The van der Waals surface area contributed by atoms with E-state index in [0.717, 1.165) is 12.1 Å². The molecule has 0 atom stereocenters. The monoisotopic (exact) mass is 310 g/mol. The van der Waals surface area contributed by atoms with Crippen LogP contribution in [0, 0.1) is 6.92 Å². The van der Waals surface area contributed by atoms with Crippen LogP contribution in [0.2, 0.25) is 10.0 Å². The highest BCUT2D eigenvalue weighted by atomic mass is 35.5. The van der Waals surface area contributed by atoms with Crippen molar-refractivity contribution < 1.29 is 13.2 Å². The summed E-state index contributed by atoms with van der Waals surface area (Å²) < 4.78 is 39.0. The average Bonchev–Trinajstić information content (AvgIpc) is 2.55. The predicted molar refractivity (Wildman–Crippen MR) is 66.1 cm³/mol. The van der Waals surface area contributed by atoms with Crippen molar-refractivity contribution >= 4 is 23.2 Å². The van der Waals surface area contributed by atoms with Gasteiger partial charge in [-0.05, 0) is 19.1 Å². The Hall–Kier alpha value is -1.40. The molecule has 2 rings (SSSR count). The minimum absolute atomic E-state index is 0.107. The zero-order valence-electron chi connectivity index (χ0n) is 9.48. The molecule has 0 saturated heterocycles. The Bertz CT molecular complexity index is 665. The number of H-pyrrole nitrogens is 1. The third-order valence-electron chi connectivity index (χ3n) is 2.48. The van der Waals surface area contributed by atoms with Gasteiger partial charge in [-0.15, -0.1) is 0 Å². The summed E-state index contributed by atoms with van der Waals surface area (Å²) in [6.07, 6.45) is -4.54. The highest BCUT2D eigenvalue weighted by molar-refractivity contribution is 6.37. The fourth-order valence-corrected chi connectivity index (χ4v) is 2.32. The van der Waals surface area contributed by atoms with Gasteiger partial charge in [0.1, 0.15) is 0 Å². The van der Waals surface area contributed by atoms with Crippen molar-refractivity contribution in [2.75, 3.05) is 0 Å². The lowest BCUT2D eigenvalue weighted by atomic mass is 10.2. The normalized spacial score (nSPS) is 11.9. The molecule has 0 bridgehead atoms. The number of aromatic nitrogens is 2. The summed E-state index contributed by atoms with van der Waals surface area (Å²) in [5.41, 5.74) is -0.757. The van der Waals surface area contributed by atoms with Crippen molar-refractivity contribution in [2.45, 2.75) is 13.1 Å². The van der Waals surface area contributed by atoms with E-state index in [0.29, 0.717) is 5.69 Å². The summed E-state index contributed by atoms with van der Waals surface area (Å²) >= 11 is 11.7. The van der Waals surface area contributed by atoms with Gasteiger partial charge in [-0.3, -0.25) is 14.6 Å². The number of benzene rings is 1. The highest BCUT2D eigenvalue weighted by Crippen LogP contribution is 2.37. The molecule has 0 saturated carbocycles. The first kappa shape index (κ1) is 14.0. The van der Waals surface area contributed by atoms with E-state index in [9.17, 15) is 18.0 Å².